The second kappa shape index (κ2) is 4.13. The summed E-state index contributed by atoms with van der Waals surface area (Å²) in [5, 5.41) is 0. The Bertz CT molecular complexity index is 189. The highest BCUT2D eigenvalue weighted by Crippen LogP contribution is 2.15. The summed E-state index contributed by atoms with van der Waals surface area (Å²) in [5.74, 6) is 2.70. The number of hydrogen-bond acceptors (Lipinski definition) is 2. The predicted octanol–water partition coefficient (Wildman–Crippen LogP) is 1.04. The number of nitrogens with zero attached hydrogens (tertiary/aromatic N) is 2. The average molecular weight is 180 g/mol. The van der Waals surface area contributed by atoms with E-state index in [1.165, 1.54) is 0 Å². The van der Waals surface area contributed by atoms with Crippen molar-refractivity contribution >= 4 is 0 Å². The van der Waals surface area contributed by atoms with Crippen LogP contribution in [0.5, 0.6) is 0 Å². The van der Waals surface area contributed by atoms with Gasteiger partial charge in [0.15, 0.2) is 0 Å². The minimum absolute atomic E-state index is 0.308. The molecule has 1 aliphatic heterocycles. The van der Waals surface area contributed by atoms with E-state index in [2.05, 4.69) is 36.5 Å². The Morgan fingerprint density at radius 3 is 2.08 bits per heavy atom. The van der Waals surface area contributed by atoms with Gasteiger partial charge >= 0.3 is 0 Å². The van der Waals surface area contributed by atoms with E-state index in [0.717, 1.165) is 32.7 Å². The molecule has 1 aliphatic rings. The Labute approximate surface area is 81.9 Å². The molecule has 0 N–H and O–H groups in total. The molecule has 74 valence electrons. The van der Waals surface area contributed by atoms with E-state index in [9.17, 15) is 0 Å². The summed E-state index contributed by atoms with van der Waals surface area (Å²) >= 11 is 0. The van der Waals surface area contributed by atoms with Crippen LogP contribution in [0.4, 0.5) is 0 Å². The Morgan fingerprint density at radius 2 is 1.69 bits per heavy atom. The lowest BCUT2D eigenvalue weighted by atomic mass is 10.1. The highest BCUT2D eigenvalue weighted by atomic mass is 15.3. The summed E-state index contributed by atoms with van der Waals surface area (Å²) in [6.07, 6.45) is 5.27. The fourth-order valence-electron chi connectivity index (χ4n) is 1.71. The first-order valence-corrected chi connectivity index (χ1v) is 4.95. The van der Waals surface area contributed by atoms with Gasteiger partial charge in [0.2, 0.25) is 0 Å². The monoisotopic (exact) mass is 180 g/mol. The number of rotatable bonds is 1. The molecular weight excluding hydrogens is 160 g/mol. The van der Waals surface area contributed by atoms with E-state index in [4.69, 9.17) is 6.42 Å². The van der Waals surface area contributed by atoms with Crippen LogP contribution in [-0.2, 0) is 0 Å². The van der Waals surface area contributed by atoms with Crippen molar-refractivity contribution in [3.63, 3.8) is 0 Å². The molecule has 0 bridgehead atoms. The van der Waals surface area contributed by atoms with Gasteiger partial charge in [-0.05, 0) is 20.8 Å². The summed E-state index contributed by atoms with van der Waals surface area (Å²) in [5.41, 5.74) is 0.308. The van der Waals surface area contributed by atoms with E-state index in [0.29, 0.717) is 5.54 Å². The molecule has 1 saturated heterocycles. The van der Waals surface area contributed by atoms with Gasteiger partial charge in [-0.25, -0.2) is 0 Å². The molecule has 0 saturated carbocycles. The van der Waals surface area contributed by atoms with Crippen LogP contribution in [0, 0.1) is 12.3 Å². The highest BCUT2D eigenvalue weighted by Gasteiger charge is 2.24. The van der Waals surface area contributed by atoms with Crippen LogP contribution in [-0.4, -0.2) is 48.1 Å². The van der Waals surface area contributed by atoms with Crippen molar-refractivity contribution in [1.82, 2.24) is 9.80 Å². The van der Waals surface area contributed by atoms with Gasteiger partial charge in [-0.2, -0.15) is 0 Å². The molecule has 0 spiro atoms. The molecule has 1 rings (SSSR count). The van der Waals surface area contributed by atoms with Gasteiger partial charge in [-0.1, -0.05) is 5.92 Å². The third-order valence-corrected chi connectivity index (χ3v) is 2.64. The van der Waals surface area contributed by atoms with Crippen molar-refractivity contribution in [3.05, 3.63) is 0 Å². The Hall–Kier alpha value is -0.520. The first kappa shape index (κ1) is 10.6. The molecule has 2 heteroatoms. The third kappa shape index (κ3) is 3.02. The standard InChI is InChI=1S/C11H20N2/c1-5-6-12-7-9-13(10-8-12)11(2,3)4/h1H,6-10H2,2-4H3. The van der Waals surface area contributed by atoms with E-state index in [1.54, 1.807) is 0 Å². The highest BCUT2D eigenvalue weighted by molar-refractivity contribution is 4.91. The lowest BCUT2D eigenvalue weighted by molar-refractivity contribution is 0.0683. The molecule has 0 unspecified atom stereocenters. The van der Waals surface area contributed by atoms with Crippen LogP contribution in [0.1, 0.15) is 20.8 Å². The van der Waals surface area contributed by atoms with Crippen LogP contribution in [0.3, 0.4) is 0 Å². The summed E-state index contributed by atoms with van der Waals surface area (Å²) in [6, 6.07) is 0. The van der Waals surface area contributed by atoms with Crippen molar-refractivity contribution in [1.29, 1.82) is 0 Å². The smallest absolute Gasteiger partial charge is 0.0599 e. The first-order valence-electron chi connectivity index (χ1n) is 4.95. The zero-order valence-electron chi connectivity index (χ0n) is 9.01. The number of piperazine rings is 1. The number of hydrogen-bond donors (Lipinski definition) is 0. The largest absolute Gasteiger partial charge is 0.296 e. The molecule has 13 heavy (non-hydrogen) atoms. The zero-order chi connectivity index (χ0) is 9.90. The molecule has 2 nitrogen and oxygen atoms in total. The van der Waals surface area contributed by atoms with Gasteiger partial charge in [-0.3, -0.25) is 9.80 Å². The van der Waals surface area contributed by atoms with E-state index in [-0.39, 0.29) is 0 Å². The van der Waals surface area contributed by atoms with Crippen LogP contribution in [0.25, 0.3) is 0 Å². The van der Waals surface area contributed by atoms with Gasteiger partial charge in [0, 0.05) is 31.7 Å². The molecule has 0 aromatic heterocycles. The molecule has 0 aromatic carbocycles. The average Bonchev–Trinajstić information content (AvgIpc) is 2.04. The SMILES string of the molecule is C#CCN1CCN(C(C)(C)C)CC1. The predicted molar refractivity (Wildman–Crippen MR) is 56.6 cm³/mol. The van der Waals surface area contributed by atoms with Gasteiger partial charge < -0.3 is 0 Å². The summed E-state index contributed by atoms with van der Waals surface area (Å²) in [6.45, 7) is 12.1. The van der Waals surface area contributed by atoms with Crippen LogP contribution < -0.4 is 0 Å². The van der Waals surface area contributed by atoms with Crippen molar-refractivity contribution in [2.75, 3.05) is 32.7 Å². The lowest BCUT2D eigenvalue weighted by Crippen LogP contribution is -2.53. The second-order valence-corrected chi connectivity index (χ2v) is 4.64. The van der Waals surface area contributed by atoms with Crippen LogP contribution >= 0.6 is 0 Å². The van der Waals surface area contributed by atoms with Crippen molar-refractivity contribution < 1.29 is 0 Å². The van der Waals surface area contributed by atoms with E-state index >= 15 is 0 Å². The molecule has 0 radical (unpaired) electrons. The molecule has 0 aliphatic carbocycles. The second-order valence-electron chi connectivity index (χ2n) is 4.64. The molecule has 1 fully saturated rings. The summed E-state index contributed by atoms with van der Waals surface area (Å²) in [4.78, 5) is 4.85. The quantitative estimate of drug-likeness (QED) is 0.556. The Kier molecular flexibility index (Phi) is 3.35. The first-order chi connectivity index (χ1) is 6.04. The van der Waals surface area contributed by atoms with Crippen molar-refractivity contribution in [2.45, 2.75) is 26.3 Å². The van der Waals surface area contributed by atoms with Gasteiger partial charge in [-0.15, -0.1) is 6.42 Å². The topological polar surface area (TPSA) is 6.48 Å². The molecule has 0 amide bonds. The maximum absolute atomic E-state index is 5.27. The summed E-state index contributed by atoms with van der Waals surface area (Å²) < 4.78 is 0. The Balaban J connectivity index is 2.36. The maximum Gasteiger partial charge on any atom is 0.0599 e. The van der Waals surface area contributed by atoms with Crippen molar-refractivity contribution in [2.24, 2.45) is 0 Å². The molecule has 0 aromatic rings. The van der Waals surface area contributed by atoms with Crippen molar-refractivity contribution in [3.8, 4) is 12.3 Å². The molecule has 0 atom stereocenters. The van der Waals surface area contributed by atoms with Gasteiger partial charge in [0.25, 0.3) is 0 Å². The van der Waals surface area contributed by atoms with E-state index < -0.39 is 0 Å². The van der Waals surface area contributed by atoms with Crippen LogP contribution in [0.2, 0.25) is 0 Å². The third-order valence-electron chi connectivity index (χ3n) is 2.64. The summed E-state index contributed by atoms with van der Waals surface area (Å²) in [7, 11) is 0. The molecule has 1 heterocycles. The minimum atomic E-state index is 0.308. The normalized spacial score (nSPS) is 21.4. The molecular formula is C11H20N2. The minimum Gasteiger partial charge on any atom is -0.296 e. The fraction of sp³-hybridized carbons (Fsp3) is 0.818. The van der Waals surface area contributed by atoms with Gasteiger partial charge in [0.05, 0.1) is 6.54 Å². The van der Waals surface area contributed by atoms with Gasteiger partial charge in [0.1, 0.15) is 0 Å². The lowest BCUT2D eigenvalue weighted by Gasteiger charge is -2.41. The van der Waals surface area contributed by atoms with Crippen LogP contribution in [0.15, 0.2) is 0 Å². The van der Waals surface area contributed by atoms with E-state index in [1.807, 2.05) is 0 Å². The fourth-order valence-corrected chi connectivity index (χ4v) is 1.71. The zero-order valence-corrected chi connectivity index (χ0v) is 9.01. The maximum atomic E-state index is 5.27. The number of terminal acetylenes is 1. The Morgan fingerprint density at radius 1 is 1.15 bits per heavy atom.